The molecular formula is C28H19F6N7O2. The Morgan fingerprint density at radius 3 is 2.26 bits per heavy atom. The molecule has 2 aromatic carbocycles. The maximum atomic E-state index is 13.2. The van der Waals surface area contributed by atoms with Crippen LogP contribution in [0.5, 0.6) is 0 Å². The number of anilines is 3. The molecule has 220 valence electrons. The number of carbonyl (C=O) groups is 1. The van der Waals surface area contributed by atoms with Crippen molar-refractivity contribution in [2.24, 2.45) is 0 Å². The molecule has 0 radical (unpaired) electrons. The minimum Gasteiger partial charge on any atom is -0.323 e. The topological polar surface area (TPSA) is 115 Å². The zero-order chi connectivity index (χ0) is 31.1. The van der Waals surface area contributed by atoms with Crippen LogP contribution in [0.4, 0.5) is 43.7 Å². The van der Waals surface area contributed by atoms with Crippen LogP contribution < -0.4 is 16.3 Å². The van der Waals surface area contributed by atoms with Gasteiger partial charge in [0.1, 0.15) is 5.69 Å². The fourth-order valence-electron chi connectivity index (χ4n) is 4.19. The molecular weight excluding hydrogens is 580 g/mol. The first-order valence-corrected chi connectivity index (χ1v) is 12.4. The molecule has 0 saturated heterocycles. The Kier molecular flexibility index (Phi) is 7.33. The number of aryl methyl sites for hydroxylation is 2. The highest BCUT2D eigenvalue weighted by Crippen LogP contribution is 2.30. The molecule has 0 spiro atoms. The number of hydrogen-bond donors (Lipinski definition) is 2. The lowest BCUT2D eigenvalue weighted by molar-refractivity contribution is -0.141. The Morgan fingerprint density at radius 1 is 0.837 bits per heavy atom. The van der Waals surface area contributed by atoms with E-state index in [0.29, 0.717) is 22.3 Å². The van der Waals surface area contributed by atoms with E-state index in [1.54, 1.807) is 19.9 Å². The molecule has 5 aromatic rings. The van der Waals surface area contributed by atoms with Gasteiger partial charge in [-0.05, 0) is 61.9 Å². The Balaban J connectivity index is 1.44. The largest absolute Gasteiger partial charge is 0.433 e. The SMILES string of the molecule is Cc1ccc(NC(=O)c2cccc(C(F)(F)F)c2)cc1-n1c(C)c2cnc(Nc3ccc(C(F)(F)F)nc3)nc2nc1=O. The van der Waals surface area contributed by atoms with Gasteiger partial charge in [-0.25, -0.2) is 14.8 Å². The lowest BCUT2D eigenvalue weighted by Crippen LogP contribution is -2.25. The number of aromatic nitrogens is 5. The number of alkyl halides is 6. The lowest BCUT2D eigenvalue weighted by atomic mass is 10.1. The predicted octanol–water partition coefficient (Wildman–Crippen LogP) is 6.22. The molecule has 5 rings (SSSR count). The molecule has 3 aromatic heterocycles. The first kappa shape index (κ1) is 29.2. The molecule has 0 saturated carbocycles. The van der Waals surface area contributed by atoms with E-state index in [1.165, 1.54) is 29.0 Å². The van der Waals surface area contributed by atoms with Crippen molar-refractivity contribution >= 4 is 34.3 Å². The summed E-state index contributed by atoms with van der Waals surface area (Å²) in [7, 11) is 0. The summed E-state index contributed by atoms with van der Waals surface area (Å²) < 4.78 is 78.8. The van der Waals surface area contributed by atoms with Gasteiger partial charge in [0.2, 0.25) is 5.95 Å². The number of pyridine rings is 1. The third-order valence-electron chi connectivity index (χ3n) is 6.36. The summed E-state index contributed by atoms with van der Waals surface area (Å²) in [6.45, 7) is 3.33. The van der Waals surface area contributed by atoms with Crippen molar-refractivity contribution in [3.63, 3.8) is 0 Å². The van der Waals surface area contributed by atoms with Crippen molar-refractivity contribution in [2.75, 3.05) is 10.6 Å². The van der Waals surface area contributed by atoms with Crippen LogP contribution in [0.1, 0.15) is 32.9 Å². The number of amides is 1. The maximum Gasteiger partial charge on any atom is 0.433 e. The molecule has 0 aliphatic heterocycles. The van der Waals surface area contributed by atoms with E-state index in [9.17, 15) is 35.9 Å². The molecule has 3 heterocycles. The van der Waals surface area contributed by atoms with Crippen LogP contribution in [-0.4, -0.2) is 30.4 Å². The van der Waals surface area contributed by atoms with Gasteiger partial charge < -0.3 is 10.6 Å². The van der Waals surface area contributed by atoms with Crippen LogP contribution in [-0.2, 0) is 12.4 Å². The second kappa shape index (κ2) is 10.8. The van der Waals surface area contributed by atoms with E-state index < -0.39 is 35.2 Å². The quantitative estimate of drug-likeness (QED) is 0.231. The zero-order valence-electron chi connectivity index (χ0n) is 22.2. The molecule has 0 aliphatic rings. The van der Waals surface area contributed by atoms with E-state index in [4.69, 9.17) is 0 Å². The normalized spacial score (nSPS) is 11.9. The minimum absolute atomic E-state index is 0.0165. The van der Waals surface area contributed by atoms with Gasteiger partial charge in [0, 0.05) is 23.1 Å². The van der Waals surface area contributed by atoms with Crippen LogP contribution in [0.25, 0.3) is 16.7 Å². The fraction of sp³-hybridized carbons (Fsp3) is 0.143. The standard InChI is InChI=1S/C28H19F6N7O2/c1-14-6-7-18(37-24(42)16-4-3-5-17(10-16)27(29,30)31)11-21(14)41-15(2)20-13-36-25(39-23(20)40-26(41)43)38-19-8-9-22(35-12-19)28(32,33)34/h3-13H,1-2H3,(H,37,42)(H,38,39,40,43). The van der Waals surface area contributed by atoms with Gasteiger partial charge in [0.05, 0.1) is 28.5 Å². The highest BCUT2D eigenvalue weighted by atomic mass is 19.4. The Bertz CT molecular complexity index is 1920. The van der Waals surface area contributed by atoms with E-state index in [-0.39, 0.29) is 28.5 Å². The first-order chi connectivity index (χ1) is 20.2. The number of rotatable bonds is 5. The van der Waals surface area contributed by atoms with E-state index >= 15 is 0 Å². The molecule has 43 heavy (non-hydrogen) atoms. The molecule has 2 N–H and O–H groups in total. The number of nitrogens with one attached hydrogen (secondary N) is 2. The third-order valence-corrected chi connectivity index (χ3v) is 6.36. The predicted molar refractivity (Wildman–Crippen MR) is 144 cm³/mol. The Morgan fingerprint density at radius 2 is 1.58 bits per heavy atom. The molecule has 15 heteroatoms. The van der Waals surface area contributed by atoms with E-state index in [2.05, 4.69) is 30.6 Å². The second-order valence-electron chi connectivity index (χ2n) is 9.33. The van der Waals surface area contributed by atoms with Gasteiger partial charge in [-0.15, -0.1) is 0 Å². The number of fused-ring (bicyclic) bond motifs is 1. The van der Waals surface area contributed by atoms with Gasteiger partial charge in [-0.1, -0.05) is 12.1 Å². The van der Waals surface area contributed by atoms with Crippen molar-refractivity contribution < 1.29 is 31.1 Å². The number of hydrogen-bond acceptors (Lipinski definition) is 7. The highest BCUT2D eigenvalue weighted by Gasteiger charge is 2.32. The molecule has 0 unspecified atom stereocenters. The van der Waals surface area contributed by atoms with Crippen molar-refractivity contribution in [1.82, 2.24) is 24.5 Å². The molecule has 9 nitrogen and oxygen atoms in total. The summed E-state index contributed by atoms with van der Waals surface area (Å²) in [6, 6.07) is 10.6. The molecule has 0 aliphatic carbocycles. The number of carbonyl (C=O) groups excluding carboxylic acids is 1. The van der Waals surface area contributed by atoms with Crippen molar-refractivity contribution in [1.29, 1.82) is 0 Å². The second-order valence-corrected chi connectivity index (χ2v) is 9.33. The monoisotopic (exact) mass is 599 g/mol. The van der Waals surface area contributed by atoms with Gasteiger partial charge in [-0.2, -0.15) is 36.3 Å². The van der Waals surface area contributed by atoms with Gasteiger partial charge in [0.25, 0.3) is 5.91 Å². The van der Waals surface area contributed by atoms with Crippen LogP contribution in [0.15, 0.2) is 71.8 Å². The number of benzene rings is 2. The Labute approximate surface area is 238 Å². The van der Waals surface area contributed by atoms with Gasteiger partial charge in [0.15, 0.2) is 5.65 Å². The van der Waals surface area contributed by atoms with Crippen molar-refractivity contribution in [3.8, 4) is 5.69 Å². The molecule has 0 fully saturated rings. The third kappa shape index (κ3) is 6.14. The average molecular weight is 599 g/mol. The van der Waals surface area contributed by atoms with Gasteiger partial charge >= 0.3 is 18.0 Å². The average Bonchev–Trinajstić information content (AvgIpc) is 2.94. The Hall–Kier alpha value is -5.34. The minimum atomic E-state index is -4.62. The van der Waals surface area contributed by atoms with Crippen LogP contribution >= 0.6 is 0 Å². The van der Waals surface area contributed by atoms with Crippen molar-refractivity contribution in [2.45, 2.75) is 26.2 Å². The van der Waals surface area contributed by atoms with E-state index in [1.807, 2.05) is 0 Å². The highest BCUT2D eigenvalue weighted by molar-refractivity contribution is 6.04. The maximum absolute atomic E-state index is 13.2. The summed E-state index contributed by atoms with van der Waals surface area (Å²) >= 11 is 0. The summed E-state index contributed by atoms with van der Waals surface area (Å²) in [5, 5.41) is 5.65. The summed E-state index contributed by atoms with van der Waals surface area (Å²) in [5.41, 5.74) is -1.19. The molecule has 0 bridgehead atoms. The van der Waals surface area contributed by atoms with Crippen molar-refractivity contribution in [3.05, 3.63) is 106 Å². The smallest absolute Gasteiger partial charge is 0.323 e. The number of halogens is 6. The zero-order valence-corrected chi connectivity index (χ0v) is 22.2. The summed E-state index contributed by atoms with van der Waals surface area (Å²) in [5.74, 6) is -0.813. The van der Waals surface area contributed by atoms with Crippen LogP contribution in [0.2, 0.25) is 0 Å². The molecule has 0 atom stereocenters. The molecule has 1 amide bonds. The lowest BCUT2D eigenvalue weighted by Gasteiger charge is -2.16. The van der Waals surface area contributed by atoms with Crippen LogP contribution in [0, 0.1) is 13.8 Å². The van der Waals surface area contributed by atoms with E-state index in [0.717, 1.165) is 36.5 Å². The van der Waals surface area contributed by atoms with Crippen LogP contribution in [0.3, 0.4) is 0 Å². The first-order valence-electron chi connectivity index (χ1n) is 12.4. The summed E-state index contributed by atoms with van der Waals surface area (Å²) in [6.07, 6.45) is -6.86. The summed E-state index contributed by atoms with van der Waals surface area (Å²) in [4.78, 5) is 41.6. The van der Waals surface area contributed by atoms with Gasteiger partial charge in [-0.3, -0.25) is 9.36 Å². The fourth-order valence-corrected chi connectivity index (χ4v) is 4.19. The number of nitrogens with zero attached hydrogens (tertiary/aromatic N) is 5.